The average molecular weight is 256 g/mol. The number of hydrogen-bond acceptors (Lipinski definition) is 3. The Labute approximate surface area is 114 Å². The van der Waals surface area contributed by atoms with Crippen LogP contribution in [-0.4, -0.2) is 18.6 Å². The first-order valence-electron chi connectivity index (χ1n) is 6.60. The molecule has 19 heavy (non-hydrogen) atoms. The second-order valence-electron chi connectivity index (χ2n) is 4.42. The zero-order valence-electron chi connectivity index (χ0n) is 11.5. The minimum Gasteiger partial charge on any atom is -0.496 e. The van der Waals surface area contributed by atoms with E-state index >= 15 is 0 Å². The Morgan fingerprint density at radius 2 is 2.05 bits per heavy atom. The van der Waals surface area contributed by atoms with Gasteiger partial charge in [-0.05, 0) is 30.7 Å². The monoisotopic (exact) mass is 256 g/mol. The quantitative estimate of drug-likeness (QED) is 0.862. The first-order valence-corrected chi connectivity index (χ1v) is 6.60. The smallest absolute Gasteiger partial charge is 0.123 e. The van der Waals surface area contributed by atoms with Crippen LogP contribution in [0.3, 0.4) is 0 Å². The van der Waals surface area contributed by atoms with Crippen molar-refractivity contribution >= 4 is 0 Å². The highest BCUT2D eigenvalue weighted by Gasteiger charge is 2.15. The summed E-state index contributed by atoms with van der Waals surface area (Å²) in [5.41, 5.74) is 2.41. The topological polar surface area (TPSA) is 34.2 Å². The Kier molecular flexibility index (Phi) is 4.93. The van der Waals surface area contributed by atoms with Gasteiger partial charge in [-0.1, -0.05) is 31.2 Å². The Morgan fingerprint density at radius 1 is 1.21 bits per heavy atom. The van der Waals surface area contributed by atoms with E-state index in [2.05, 4.69) is 29.4 Å². The summed E-state index contributed by atoms with van der Waals surface area (Å²) in [5.74, 6) is 0.928. The van der Waals surface area contributed by atoms with Crippen molar-refractivity contribution in [2.45, 2.75) is 19.4 Å². The van der Waals surface area contributed by atoms with Gasteiger partial charge in [0.05, 0.1) is 7.11 Å². The third-order valence-electron chi connectivity index (χ3n) is 3.13. The number of hydrogen-bond donors (Lipinski definition) is 1. The molecule has 1 heterocycles. The van der Waals surface area contributed by atoms with Crippen LogP contribution < -0.4 is 10.1 Å². The van der Waals surface area contributed by atoms with E-state index in [1.54, 1.807) is 13.3 Å². The molecule has 3 heteroatoms. The molecule has 1 atom stereocenters. The van der Waals surface area contributed by atoms with Gasteiger partial charge in [0.25, 0.3) is 0 Å². The largest absolute Gasteiger partial charge is 0.496 e. The molecule has 0 saturated carbocycles. The van der Waals surface area contributed by atoms with Gasteiger partial charge < -0.3 is 10.1 Å². The molecule has 0 aliphatic carbocycles. The minimum absolute atomic E-state index is 0.241. The lowest BCUT2D eigenvalue weighted by Gasteiger charge is -2.20. The lowest BCUT2D eigenvalue weighted by Crippen LogP contribution is -2.23. The maximum absolute atomic E-state index is 5.45. The van der Waals surface area contributed by atoms with E-state index in [9.17, 15) is 0 Å². The van der Waals surface area contributed by atoms with E-state index in [4.69, 9.17) is 4.74 Å². The van der Waals surface area contributed by atoms with Crippen LogP contribution in [0, 0.1) is 0 Å². The van der Waals surface area contributed by atoms with Gasteiger partial charge in [-0.15, -0.1) is 0 Å². The number of nitrogens with one attached hydrogen (secondary N) is 1. The van der Waals surface area contributed by atoms with Crippen molar-refractivity contribution in [1.82, 2.24) is 10.3 Å². The molecule has 1 unspecified atom stereocenters. The van der Waals surface area contributed by atoms with Gasteiger partial charge in [0.1, 0.15) is 5.75 Å². The molecule has 100 valence electrons. The molecular weight excluding hydrogens is 236 g/mol. The summed E-state index contributed by atoms with van der Waals surface area (Å²) in [6.45, 7) is 3.04. The lowest BCUT2D eigenvalue weighted by molar-refractivity contribution is 0.399. The number of benzene rings is 1. The summed E-state index contributed by atoms with van der Waals surface area (Å²) >= 11 is 0. The van der Waals surface area contributed by atoms with Crippen LogP contribution >= 0.6 is 0 Å². The summed E-state index contributed by atoms with van der Waals surface area (Å²) in [7, 11) is 1.71. The normalized spacial score (nSPS) is 12.1. The van der Waals surface area contributed by atoms with Crippen LogP contribution in [-0.2, 0) is 6.42 Å². The number of aromatic nitrogens is 1. The molecule has 1 aromatic heterocycles. The van der Waals surface area contributed by atoms with Gasteiger partial charge in [0.2, 0.25) is 0 Å². The predicted octanol–water partition coefficient (Wildman–Crippen LogP) is 2.98. The van der Waals surface area contributed by atoms with Crippen molar-refractivity contribution in [2.24, 2.45) is 0 Å². The molecule has 2 aromatic rings. The fourth-order valence-corrected chi connectivity index (χ4v) is 2.25. The van der Waals surface area contributed by atoms with Gasteiger partial charge in [-0.25, -0.2) is 0 Å². The molecule has 3 nitrogen and oxygen atoms in total. The lowest BCUT2D eigenvalue weighted by atomic mass is 9.99. The van der Waals surface area contributed by atoms with Gasteiger partial charge in [0.15, 0.2) is 0 Å². The molecule has 0 saturated heterocycles. The fourth-order valence-electron chi connectivity index (χ4n) is 2.25. The standard InChI is InChI=1S/C16H20N2O/c1-3-18-15(11-13-7-6-10-17-12-13)14-8-4-5-9-16(14)19-2/h4-10,12,15,18H,3,11H2,1-2H3. The third kappa shape index (κ3) is 3.55. The summed E-state index contributed by atoms with van der Waals surface area (Å²) < 4.78 is 5.45. The van der Waals surface area contributed by atoms with Gasteiger partial charge in [0, 0.05) is 24.0 Å². The van der Waals surface area contributed by atoms with E-state index in [1.165, 1.54) is 11.1 Å². The fraction of sp³-hybridized carbons (Fsp3) is 0.312. The van der Waals surface area contributed by atoms with E-state index in [0.29, 0.717) is 0 Å². The number of pyridine rings is 1. The van der Waals surface area contributed by atoms with Crippen LogP contribution in [0.5, 0.6) is 5.75 Å². The second kappa shape index (κ2) is 6.90. The molecule has 0 radical (unpaired) electrons. The zero-order chi connectivity index (χ0) is 13.5. The molecule has 0 aliphatic heterocycles. The van der Waals surface area contributed by atoms with Crippen molar-refractivity contribution in [2.75, 3.05) is 13.7 Å². The molecule has 1 N–H and O–H groups in total. The molecular formula is C16H20N2O. The SMILES string of the molecule is CCNC(Cc1cccnc1)c1ccccc1OC. The maximum Gasteiger partial charge on any atom is 0.123 e. The first kappa shape index (κ1) is 13.6. The average Bonchev–Trinajstić information content (AvgIpc) is 2.48. The van der Waals surface area contributed by atoms with Crippen LogP contribution in [0.2, 0.25) is 0 Å². The van der Waals surface area contributed by atoms with Crippen LogP contribution in [0.1, 0.15) is 24.1 Å². The first-order chi connectivity index (χ1) is 9.35. The number of methoxy groups -OCH3 is 1. The Balaban J connectivity index is 2.24. The van der Waals surface area contributed by atoms with Crippen molar-refractivity contribution in [1.29, 1.82) is 0 Å². The molecule has 2 rings (SSSR count). The van der Waals surface area contributed by atoms with E-state index in [0.717, 1.165) is 18.7 Å². The van der Waals surface area contributed by atoms with Gasteiger partial charge in [-0.2, -0.15) is 0 Å². The van der Waals surface area contributed by atoms with Crippen LogP contribution in [0.15, 0.2) is 48.8 Å². The van der Waals surface area contributed by atoms with E-state index in [-0.39, 0.29) is 6.04 Å². The van der Waals surface area contributed by atoms with Crippen LogP contribution in [0.4, 0.5) is 0 Å². The number of nitrogens with zero attached hydrogens (tertiary/aromatic N) is 1. The molecule has 0 bridgehead atoms. The Bertz CT molecular complexity index is 499. The third-order valence-corrected chi connectivity index (χ3v) is 3.13. The predicted molar refractivity (Wildman–Crippen MR) is 77.4 cm³/mol. The molecule has 1 aromatic carbocycles. The molecule has 0 amide bonds. The summed E-state index contributed by atoms with van der Waals surface area (Å²) in [6.07, 6.45) is 4.62. The van der Waals surface area contributed by atoms with Crippen LogP contribution in [0.25, 0.3) is 0 Å². The van der Waals surface area contributed by atoms with Crippen molar-refractivity contribution in [3.8, 4) is 5.75 Å². The highest BCUT2D eigenvalue weighted by Crippen LogP contribution is 2.27. The Morgan fingerprint density at radius 3 is 2.74 bits per heavy atom. The minimum atomic E-state index is 0.241. The highest BCUT2D eigenvalue weighted by molar-refractivity contribution is 5.36. The number of para-hydroxylation sites is 1. The van der Waals surface area contributed by atoms with Gasteiger partial charge >= 0.3 is 0 Å². The highest BCUT2D eigenvalue weighted by atomic mass is 16.5. The van der Waals surface area contributed by atoms with E-state index < -0.39 is 0 Å². The summed E-state index contributed by atoms with van der Waals surface area (Å²) in [5, 5.41) is 3.51. The number of likely N-dealkylation sites (N-methyl/N-ethyl adjacent to an activating group) is 1. The van der Waals surface area contributed by atoms with Crippen molar-refractivity contribution in [3.05, 3.63) is 59.9 Å². The second-order valence-corrected chi connectivity index (χ2v) is 4.42. The summed E-state index contributed by atoms with van der Waals surface area (Å²) in [4.78, 5) is 4.18. The molecule has 0 spiro atoms. The van der Waals surface area contributed by atoms with Crippen molar-refractivity contribution < 1.29 is 4.74 Å². The maximum atomic E-state index is 5.45. The molecule has 0 aliphatic rings. The van der Waals surface area contributed by atoms with Gasteiger partial charge in [-0.3, -0.25) is 4.98 Å². The Hall–Kier alpha value is -1.87. The van der Waals surface area contributed by atoms with E-state index in [1.807, 2.05) is 30.5 Å². The number of rotatable bonds is 6. The zero-order valence-corrected chi connectivity index (χ0v) is 11.5. The molecule has 0 fully saturated rings. The van der Waals surface area contributed by atoms with Crippen molar-refractivity contribution in [3.63, 3.8) is 0 Å². The number of ether oxygens (including phenoxy) is 1. The summed E-state index contributed by atoms with van der Waals surface area (Å²) in [6, 6.07) is 12.5.